The lowest BCUT2D eigenvalue weighted by Gasteiger charge is -2.33. The van der Waals surface area contributed by atoms with Crippen LogP contribution in [0.5, 0.6) is 0 Å². The number of rotatable bonds is 4. The van der Waals surface area contributed by atoms with Crippen molar-refractivity contribution in [3.8, 4) is 11.4 Å². The second kappa shape index (κ2) is 7.44. The summed E-state index contributed by atoms with van der Waals surface area (Å²) in [7, 11) is 0. The zero-order valence-corrected chi connectivity index (χ0v) is 16.1. The molecule has 8 heteroatoms. The molecule has 1 unspecified atom stereocenters. The number of aliphatic hydroxyl groups is 1. The third-order valence-corrected chi connectivity index (χ3v) is 5.01. The first-order valence-electron chi connectivity index (χ1n) is 9.59. The molecule has 28 heavy (non-hydrogen) atoms. The van der Waals surface area contributed by atoms with Crippen molar-refractivity contribution in [2.45, 2.75) is 25.9 Å². The highest BCUT2D eigenvalue weighted by Gasteiger charge is 2.33. The van der Waals surface area contributed by atoms with E-state index in [1.165, 1.54) is 6.07 Å². The molecular weight excluding hydrogens is 359 g/mol. The highest BCUT2D eigenvalue weighted by Crippen LogP contribution is 2.29. The first-order chi connectivity index (χ1) is 13.5. The summed E-state index contributed by atoms with van der Waals surface area (Å²) in [6.07, 6.45) is 2.33. The average molecular weight is 384 g/mol. The smallest absolute Gasteiger partial charge is 0.181 e. The maximum absolute atomic E-state index is 14.6. The van der Waals surface area contributed by atoms with Crippen molar-refractivity contribution in [1.82, 2.24) is 25.5 Å². The average Bonchev–Trinajstić information content (AvgIpc) is 2.98. The van der Waals surface area contributed by atoms with Crippen LogP contribution in [0, 0.1) is 11.7 Å². The summed E-state index contributed by atoms with van der Waals surface area (Å²) in [5.74, 6) is 0.574. The summed E-state index contributed by atoms with van der Waals surface area (Å²) in [6.45, 7) is 6.58. The van der Waals surface area contributed by atoms with Crippen LogP contribution in [0.1, 0.15) is 20.3 Å². The van der Waals surface area contributed by atoms with Crippen molar-refractivity contribution in [3.63, 3.8) is 0 Å². The number of pyridine rings is 2. The van der Waals surface area contributed by atoms with Gasteiger partial charge in [-0.1, -0.05) is 13.8 Å². The highest BCUT2D eigenvalue weighted by atomic mass is 19.1. The standard InChI is InChI=1S/C20H25FN6O/c1-13(2)10-20(28)11-22-8-9-27(12-20)16-6-5-15(21)18(24-16)17-14-4-3-7-23-19(14)26-25-17/h3-7,13,22,28H,8-12H2,1-2H3,(H,23,25,26). The van der Waals surface area contributed by atoms with E-state index in [-0.39, 0.29) is 5.69 Å². The Hall–Kier alpha value is -2.58. The molecular formula is C20H25FN6O. The predicted molar refractivity (Wildman–Crippen MR) is 107 cm³/mol. The Morgan fingerprint density at radius 2 is 2.18 bits per heavy atom. The highest BCUT2D eigenvalue weighted by molar-refractivity contribution is 5.89. The molecule has 4 heterocycles. The van der Waals surface area contributed by atoms with E-state index in [1.807, 2.05) is 11.0 Å². The van der Waals surface area contributed by atoms with Crippen molar-refractivity contribution < 1.29 is 9.50 Å². The van der Waals surface area contributed by atoms with Crippen molar-refractivity contribution in [3.05, 3.63) is 36.3 Å². The zero-order chi connectivity index (χ0) is 19.7. The fourth-order valence-electron chi connectivity index (χ4n) is 3.93. The third-order valence-electron chi connectivity index (χ3n) is 5.01. The molecule has 3 aromatic heterocycles. The molecule has 1 fully saturated rings. The Morgan fingerprint density at radius 3 is 3.00 bits per heavy atom. The monoisotopic (exact) mass is 384 g/mol. The number of halogens is 1. The van der Waals surface area contributed by atoms with Crippen molar-refractivity contribution in [2.75, 3.05) is 31.1 Å². The fraction of sp³-hybridized carbons (Fsp3) is 0.450. The van der Waals surface area contributed by atoms with Gasteiger partial charge in [0.15, 0.2) is 11.5 Å². The molecule has 0 saturated carbocycles. The number of aromatic amines is 1. The van der Waals surface area contributed by atoms with Gasteiger partial charge in [0.25, 0.3) is 0 Å². The lowest BCUT2D eigenvalue weighted by molar-refractivity contribution is 0.0321. The Bertz CT molecular complexity index is 974. The van der Waals surface area contributed by atoms with Gasteiger partial charge in [-0.15, -0.1) is 0 Å². The lowest BCUT2D eigenvalue weighted by Crippen LogP contribution is -2.47. The molecule has 1 aliphatic rings. The Morgan fingerprint density at radius 1 is 1.32 bits per heavy atom. The minimum atomic E-state index is -0.856. The second-order valence-corrected chi connectivity index (χ2v) is 7.89. The van der Waals surface area contributed by atoms with Gasteiger partial charge in [-0.3, -0.25) is 5.10 Å². The summed E-state index contributed by atoms with van der Waals surface area (Å²) < 4.78 is 14.6. The van der Waals surface area contributed by atoms with E-state index in [0.717, 1.165) is 11.9 Å². The van der Waals surface area contributed by atoms with Crippen molar-refractivity contribution in [2.24, 2.45) is 5.92 Å². The summed E-state index contributed by atoms with van der Waals surface area (Å²) >= 11 is 0. The Kier molecular flexibility index (Phi) is 4.99. The Labute approximate surface area is 163 Å². The van der Waals surface area contributed by atoms with Crippen molar-refractivity contribution >= 4 is 16.9 Å². The summed E-state index contributed by atoms with van der Waals surface area (Å²) in [5, 5.41) is 22.1. The number of hydrogen-bond donors (Lipinski definition) is 3. The SMILES string of the molecule is CC(C)CC1(O)CNCCN(c2ccc(F)c(-c3[nH]nc4ncccc34)n2)C1. The molecule has 0 radical (unpaired) electrons. The molecule has 1 saturated heterocycles. The summed E-state index contributed by atoms with van der Waals surface area (Å²) in [4.78, 5) is 10.8. The van der Waals surface area contributed by atoms with Gasteiger partial charge in [0.05, 0.1) is 11.3 Å². The molecule has 0 aromatic carbocycles. The van der Waals surface area contributed by atoms with Crippen LogP contribution >= 0.6 is 0 Å². The molecule has 0 bridgehead atoms. The summed E-state index contributed by atoms with van der Waals surface area (Å²) in [5.41, 5.74) is 0.380. The quantitative estimate of drug-likeness (QED) is 0.640. The minimum absolute atomic E-state index is 0.206. The van der Waals surface area contributed by atoms with Gasteiger partial charge in [0.2, 0.25) is 0 Å². The van der Waals surface area contributed by atoms with E-state index in [9.17, 15) is 9.50 Å². The van der Waals surface area contributed by atoms with Gasteiger partial charge >= 0.3 is 0 Å². The summed E-state index contributed by atoms with van der Waals surface area (Å²) in [6, 6.07) is 6.71. The molecule has 3 aromatic rings. The third kappa shape index (κ3) is 3.70. The van der Waals surface area contributed by atoms with E-state index >= 15 is 0 Å². The molecule has 3 N–H and O–H groups in total. The zero-order valence-electron chi connectivity index (χ0n) is 16.1. The van der Waals surface area contributed by atoms with E-state index in [4.69, 9.17) is 0 Å². The maximum atomic E-state index is 14.6. The van der Waals surface area contributed by atoms with Gasteiger partial charge in [-0.25, -0.2) is 14.4 Å². The van der Waals surface area contributed by atoms with Crippen LogP contribution in [-0.2, 0) is 0 Å². The van der Waals surface area contributed by atoms with Crippen LogP contribution < -0.4 is 10.2 Å². The van der Waals surface area contributed by atoms with Gasteiger partial charge in [0, 0.05) is 37.8 Å². The van der Waals surface area contributed by atoms with Crippen molar-refractivity contribution in [1.29, 1.82) is 0 Å². The number of H-pyrrole nitrogens is 1. The molecule has 0 spiro atoms. The first-order valence-corrected chi connectivity index (χ1v) is 9.59. The van der Waals surface area contributed by atoms with Gasteiger partial charge in [-0.05, 0) is 36.6 Å². The number of nitrogens with zero attached hydrogens (tertiary/aromatic N) is 4. The number of aromatic nitrogens is 4. The Balaban J connectivity index is 1.70. The number of β-amino-alcohol motifs (C(OH)–C–C–N with tert-alkyl or cyclic N) is 1. The van der Waals surface area contributed by atoms with E-state index in [0.29, 0.717) is 49.1 Å². The fourth-order valence-corrected chi connectivity index (χ4v) is 3.93. The van der Waals surface area contributed by atoms with E-state index < -0.39 is 11.4 Å². The van der Waals surface area contributed by atoms with Gasteiger partial charge in [0.1, 0.15) is 11.5 Å². The van der Waals surface area contributed by atoms with Crippen LogP contribution in [0.2, 0.25) is 0 Å². The number of nitrogens with one attached hydrogen (secondary N) is 2. The van der Waals surface area contributed by atoms with Crippen LogP contribution in [0.25, 0.3) is 22.4 Å². The molecule has 4 rings (SSSR count). The molecule has 0 amide bonds. The number of fused-ring (bicyclic) bond motifs is 1. The van der Waals surface area contributed by atoms with Crippen LogP contribution in [-0.4, -0.2) is 57.1 Å². The van der Waals surface area contributed by atoms with Crippen LogP contribution in [0.15, 0.2) is 30.5 Å². The number of hydrogen-bond acceptors (Lipinski definition) is 6. The minimum Gasteiger partial charge on any atom is -0.387 e. The van der Waals surface area contributed by atoms with E-state index in [2.05, 4.69) is 39.3 Å². The predicted octanol–water partition coefficient (Wildman–Crippen LogP) is 2.35. The molecule has 148 valence electrons. The van der Waals surface area contributed by atoms with Crippen LogP contribution in [0.3, 0.4) is 0 Å². The first kappa shape index (κ1) is 18.8. The topological polar surface area (TPSA) is 90.0 Å². The van der Waals surface area contributed by atoms with E-state index in [1.54, 1.807) is 18.3 Å². The molecule has 7 nitrogen and oxygen atoms in total. The normalized spacial score (nSPS) is 20.7. The van der Waals surface area contributed by atoms with Crippen LogP contribution in [0.4, 0.5) is 10.2 Å². The van der Waals surface area contributed by atoms with Gasteiger partial charge < -0.3 is 15.3 Å². The second-order valence-electron chi connectivity index (χ2n) is 7.89. The van der Waals surface area contributed by atoms with Gasteiger partial charge in [-0.2, -0.15) is 5.10 Å². The molecule has 1 atom stereocenters. The molecule has 1 aliphatic heterocycles. The largest absolute Gasteiger partial charge is 0.387 e. The molecule has 0 aliphatic carbocycles. The maximum Gasteiger partial charge on any atom is 0.181 e. The lowest BCUT2D eigenvalue weighted by atomic mass is 9.92. The number of anilines is 1.